The molecule has 10 nitrogen and oxygen atoms in total. The van der Waals surface area contributed by atoms with Crippen LogP contribution in [0.3, 0.4) is 0 Å². The Morgan fingerprint density at radius 1 is 0.936 bits per heavy atom. The summed E-state index contributed by atoms with van der Waals surface area (Å²) in [4.78, 5) is 30.2. The summed E-state index contributed by atoms with van der Waals surface area (Å²) in [5.74, 6) is 1.17. The second kappa shape index (κ2) is 15.8. The fraction of sp³-hybridized carbons (Fsp3) is 0.371. The normalized spacial score (nSPS) is 18.6. The first-order chi connectivity index (χ1) is 22.8. The maximum absolute atomic E-state index is 15.0. The fourth-order valence-corrected chi connectivity index (χ4v) is 5.94. The molecule has 2 aliphatic rings. The van der Waals surface area contributed by atoms with Crippen molar-refractivity contribution < 1.29 is 36.3 Å². The third-order valence-corrected chi connectivity index (χ3v) is 8.55. The lowest BCUT2D eigenvalue weighted by atomic mass is 10.0. The molecule has 0 bridgehead atoms. The molecule has 0 aliphatic carbocycles. The second-order valence-corrected chi connectivity index (χ2v) is 12.0. The molecule has 47 heavy (non-hydrogen) atoms. The van der Waals surface area contributed by atoms with E-state index in [2.05, 4.69) is 22.3 Å². The zero-order chi connectivity index (χ0) is 33.3. The number of fused-ring (bicyclic) bond motifs is 1. The van der Waals surface area contributed by atoms with Crippen molar-refractivity contribution in [3.63, 3.8) is 0 Å². The van der Waals surface area contributed by atoms with Crippen molar-refractivity contribution in [2.24, 2.45) is 0 Å². The van der Waals surface area contributed by atoms with Crippen LogP contribution in [0.2, 0.25) is 0 Å². The summed E-state index contributed by atoms with van der Waals surface area (Å²) in [6, 6.07) is 22.4. The molecular formula is C35H38FN3O7S. The standard InChI is InChI=1S/C35H38FN3O5.O2S/c1-23-3-8-29(9-4-23)43-32-15-18-39(22-30(32)36)35(41)25-7-12-31-26(19-25)20-33(44-31)34(40)37-27-13-16-38(17-14-27)21-24-5-10-28(42-2)11-6-24;1-3-2/h3-12,19-20,27,30,32H,13-18,21-22H2,1-2H3,(H,37,40);/t30-,32-;/m0./s1. The number of ether oxygens (including phenoxy) is 2. The molecule has 12 heteroatoms. The average molecular weight is 664 g/mol. The molecule has 1 N–H and O–H groups in total. The maximum atomic E-state index is 15.0. The molecule has 4 aromatic rings. The van der Waals surface area contributed by atoms with E-state index < -0.39 is 23.8 Å². The van der Waals surface area contributed by atoms with Gasteiger partial charge in [0, 0.05) is 49.6 Å². The zero-order valence-corrected chi connectivity index (χ0v) is 27.2. The quantitative estimate of drug-likeness (QED) is 0.277. The molecule has 0 radical (unpaired) electrons. The minimum Gasteiger partial charge on any atom is -0.497 e. The van der Waals surface area contributed by atoms with E-state index in [-0.39, 0.29) is 30.2 Å². The summed E-state index contributed by atoms with van der Waals surface area (Å²) in [6.07, 6.45) is 0.210. The minimum atomic E-state index is -1.30. The first kappa shape index (κ1) is 33.8. The van der Waals surface area contributed by atoms with Crippen LogP contribution in [-0.2, 0) is 18.1 Å². The van der Waals surface area contributed by atoms with Crippen molar-refractivity contribution in [1.29, 1.82) is 0 Å². The predicted octanol–water partition coefficient (Wildman–Crippen LogP) is 5.11. The van der Waals surface area contributed by atoms with E-state index >= 15 is 4.39 Å². The van der Waals surface area contributed by atoms with Crippen LogP contribution in [0.4, 0.5) is 4.39 Å². The van der Waals surface area contributed by atoms with Gasteiger partial charge in [-0.05, 0) is 73.9 Å². The Bertz CT molecular complexity index is 1700. The summed E-state index contributed by atoms with van der Waals surface area (Å²) in [5, 5.41) is 3.77. The highest BCUT2D eigenvalue weighted by Crippen LogP contribution is 2.26. The largest absolute Gasteiger partial charge is 0.497 e. The molecule has 2 atom stereocenters. The van der Waals surface area contributed by atoms with Crippen molar-refractivity contribution in [3.8, 4) is 11.5 Å². The molecule has 3 heterocycles. The number of piperidine rings is 2. The molecule has 0 unspecified atom stereocenters. The summed E-state index contributed by atoms with van der Waals surface area (Å²) >= 11 is -0.750. The molecule has 2 aliphatic heterocycles. The number of hydrogen-bond donors (Lipinski definition) is 1. The molecule has 2 amide bonds. The Labute approximate surface area is 276 Å². The number of carbonyl (C=O) groups excluding carboxylic acids is 2. The average Bonchev–Trinajstić information content (AvgIpc) is 3.52. The van der Waals surface area contributed by atoms with Crippen LogP contribution in [0.15, 0.2) is 77.2 Å². The summed E-state index contributed by atoms with van der Waals surface area (Å²) < 4.78 is 48.5. The van der Waals surface area contributed by atoms with Gasteiger partial charge in [-0.25, -0.2) is 4.39 Å². The highest BCUT2D eigenvalue weighted by Gasteiger charge is 2.33. The Kier molecular flexibility index (Phi) is 11.4. The van der Waals surface area contributed by atoms with Crippen LogP contribution >= 0.6 is 0 Å². The smallest absolute Gasteiger partial charge is 0.335 e. The van der Waals surface area contributed by atoms with Crippen LogP contribution in [-0.4, -0.2) is 81.6 Å². The minimum absolute atomic E-state index is 0.0364. The van der Waals surface area contributed by atoms with Crippen molar-refractivity contribution >= 4 is 34.4 Å². The Morgan fingerprint density at radius 3 is 2.28 bits per heavy atom. The van der Waals surface area contributed by atoms with E-state index in [4.69, 9.17) is 22.3 Å². The lowest BCUT2D eigenvalue weighted by molar-refractivity contribution is 0.0202. The van der Waals surface area contributed by atoms with Gasteiger partial charge in [0.2, 0.25) is 0 Å². The van der Waals surface area contributed by atoms with Gasteiger partial charge in [-0.3, -0.25) is 14.5 Å². The topological polar surface area (TPSA) is 118 Å². The van der Waals surface area contributed by atoms with Crippen LogP contribution in [0, 0.1) is 6.92 Å². The molecule has 248 valence electrons. The highest BCUT2D eigenvalue weighted by molar-refractivity contribution is 7.51. The van der Waals surface area contributed by atoms with Crippen molar-refractivity contribution in [2.45, 2.75) is 51.0 Å². The number of nitrogens with zero attached hydrogens (tertiary/aromatic N) is 2. The fourth-order valence-electron chi connectivity index (χ4n) is 5.94. The highest BCUT2D eigenvalue weighted by atomic mass is 32.1. The van der Waals surface area contributed by atoms with Gasteiger partial charge < -0.3 is 24.1 Å². The number of amides is 2. The van der Waals surface area contributed by atoms with Gasteiger partial charge in [0.15, 0.2) is 11.9 Å². The van der Waals surface area contributed by atoms with Crippen LogP contribution in [0.1, 0.15) is 51.3 Å². The van der Waals surface area contributed by atoms with Gasteiger partial charge in [0.1, 0.15) is 23.2 Å². The summed E-state index contributed by atoms with van der Waals surface area (Å²) in [5.41, 5.74) is 3.29. The van der Waals surface area contributed by atoms with Gasteiger partial charge in [-0.1, -0.05) is 29.8 Å². The van der Waals surface area contributed by atoms with E-state index in [1.807, 2.05) is 43.3 Å². The number of carbonyl (C=O) groups is 2. The number of furan rings is 1. The molecule has 3 aromatic carbocycles. The van der Waals surface area contributed by atoms with E-state index in [1.54, 1.807) is 31.4 Å². The number of halogens is 1. The van der Waals surface area contributed by atoms with E-state index in [0.717, 1.165) is 43.8 Å². The lowest BCUT2D eigenvalue weighted by Gasteiger charge is -2.34. The number of likely N-dealkylation sites (tertiary alicyclic amines) is 2. The van der Waals surface area contributed by atoms with Crippen molar-refractivity contribution in [2.75, 3.05) is 33.3 Å². The monoisotopic (exact) mass is 663 g/mol. The first-order valence-electron chi connectivity index (χ1n) is 15.5. The van der Waals surface area contributed by atoms with Crippen molar-refractivity contribution in [1.82, 2.24) is 15.1 Å². The number of benzene rings is 3. The molecule has 0 spiro atoms. The van der Waals surface area contributed by atoms with Crippen LogP contribution in [0.25, 0.3) is 11.0 Å². The zero-order valence-electron chi connectivity index (χ0n) is 26.4. The third kappa shape index (κ3) is 8.83. The number of alkyl halides is 1. The van der Waals surface area contributed by atoms with Crippen molar-refractivity contribution in [3.05, 3.63) is 95.2 Å². The molecule has 2 fully saturated rings. The second-order valence-electron chi connectivity index (χ2n) is 11.8. The Balaban J connectivity index is 0.00000139. The molecule has 0 saturated carbocycles. The van der Waals surface area contributed by atoms with Gasteiger partial charge >= 0.3 is 11.6 Å². The first-order valence-corrected chi connectivity index (χ1v) is 16.2. The predicted molar refractivity (Wildman–Crippen MR) is 175 cm³/mol. The van der Waals surface area contributed by atoms with E-state index in [9.17, 15) is 9.59 Å². The lowest BCUT2D eigenvalue weighted by Crippen LogP contribution is -2.49. The molecular weight excluding hydrogens is 625 g/mol. The SMILES string of the molecule is COc1ccc(CN2CCC(NC(=O)c3cc4cc(C(=O)N5CC[C@H](Oc6ccc(C)cc6)[C@@H](F)C5)ccc4o3)CC2)cc1.O=S=O. The maximum Gasteiger partial charge on any atom is 0.335 e. The van der Waals surface area contributed by atoms with Gasteiger partial charge in [0.05, 0.1) is 13.7 Å². The van der Waals surface area contributed by atoms with Crippen LogP contribution < -0.4 is 14.8 Å². The van der Waals surface area contributed by atoms with Crippen LogP contribution in [0.5, 0.6) is 11.5 Å². The number of nitrogens with one attached hydrogen (secondary N) is 1. The Morgan fingerprint density at radius 2 is 1.62 bits per heavy atom. The molecule has 2 saturated heterocycles. The summed E-state index contributed by atoms with van der Waals surface area (Å²) in [7, 11) is 1.66. The number of rotatable bonds is 8. The van der Waals surface area contributed by atoms with Gasteiger partial charge in [-0.2, -0.15) is 8.42 Å². The van der Waals surface area contributed by atoms with Gasteiger partial charge in [-0.15, -0.1) is 0 Å². The number of hydrogen-bond acceptors (Lipinski definition) is 8. The van der Waals surface area contributed by atoms with E-state index in [1.165, 1.54) is 10.5 Å². The number of methoxy groups -OCH3 is 1. The summed E-state index contributed by atoms with van der Waals surface area (Å²) in [6.45, 7) is 4.98. The molecule has 6 rings (SSSR count). The third-order valence-electron chi connectivity index (χ3n) is 8.55. The van der Waals surface area contributed by atoms with E-state index in [0.29, 0.717) is 35.2 Å². The Hall–Kier alpha value is -4.55. The molecule has 1 aromatic heterocycles. The number of aryl methyl sites for hydroxylation is 1. The van der Waals surface area contributed by atoms with Gasteiger partial charge in [0.25, 0.3) is 11.8 Å².